The SMILES string of the molecule is Cc1cc(C)c(CNC(=O)c2cc(C3=CN(C)C=CC=C3)cc(N)c2C)c(=O)[nH]1. The molecule has 1 aromatic heterocycles. The van der Waals surface area contributed by atoms with Gasteiger partial charge in [-0.3, -0.25) is 9.59 Å². The molecule has 1 aliphatic heterocycles. The normalized spacial score (nSPS) is 13.2. The molecule has 0 saturated heterocycles. The number of aromatic nitrogens is 1. The van der Waals surface area contributed by atoms with E-state index in [1.165, 1.54) is 0 Å². The van der Waals surface area contributed by atoms with Gasteiger partial charge in [-0.2, -0.15) is 0 Å². The molecule has 0 unspecified atom stereocenters. The number of nitrogens with one attached hydrogen (secondary N) is 2. The predicted molar refractivity (Wildman–Crippen MR) is 117 cm³/mol. The molecule has 1 amide bonds. The highest BCUT2D eigenvalue weighted by Crippen LogP contribution is 2.26. The standard InChI is InChI=1S/C23H26N4O2/c1-14-9-15(2)26-23(29)20(14)12-25-22(28)19-10-18(11-21(24)16(19)3)17-7-5-6-8-27(4)13-17/h5-11,13H,12,24H2,1-4H3,(H,25,28)(H,26,29). The second-order valence-corrected chi connectivity index (χ2v) is 7.31. The number of rotatable bonds is 4. The lowest BCUT2D eigenvalue weighted by Crippen LogP contribution is -2.28. The van der Waals surface area contributed by atoms with Crippen LogP contribution in [0.1, 0.15) is 38.3 Å². The van der Waals surface area contributed by atoms with Crippen LogP contribution in [0, 0.1) is 20.8 Å². The molecule has 2 heterocycles. The highest BCUT2D eigenvalue weighted by Gasteiger charge is 2.15. The number of carbonyl (C=O) groups is 1. The smallest absolute Gasteiger partial charge is 0.253 e. The van der Waals surface area contributed by atoms with Crippen molar-refractivity contribution < 1.29 is 4.79 Å². The molecule has 0 saturated carbocycles. The molecule has 2 aromatic rings. The Morgan fingerprint density at radius 2 is 1.93 bits per heavy atom. The van der Waals surface area contributed by atoms with Crippen molar-refractivity contribution in [3.8, 4) is 0 Å². The number of anilines is 1. The zero-order chi connectivity index (χ0) is 21.1. The third-order valence-electron chi connectivity index (χ3n) is 5.00. The molecule has 29 heavy (non-hydrogen) atoms. The van der Waals surface area contributed by atoms with Crippen molar-refractivity contribution >= 4 is 17.2 Å². The van der Waals surface area contributed by atoms with Gasteiger partial charge in [-0.15, -0.1) is 0 Å². The molecule has 6 nitrogen and oxygen atoms in total. The van der Waals surface area contributed by atoms with Crippen LogP contribution >= 0.6 is 0 Å². The van der Waals surface area contributed by atoms with Crippen molar-refractivity contribution in [2.75, 3.05) is 12.8 Å². The number of H-pyrrole nitrogens is 1. The third kappa shape index (κ3) is 4.48. The molecule has 0 radical (unpaired) electrons. The molecular formula is C23H26N4O2. The van der Waals surface area contributed by atoms with E-state index in [1.54, 1.807) is 0 Å². The second kappa shape index (κ2) is 8.22. The van der Waals surface area contributed by atoms with Gasteiger partial charge in [0, 0.05) is 48.5 Å². The first kappa shape index (κ1) is 20.2. The van der Waals surface area contributed by atoms with Crippen LogP contribution in [0.4, 0.5) is 5.69 Å². The highest BCUT2D eigenvalue weighted by molar-refractivity contribution is 5.98. The van der Waals surface area contributed by atoms with Gasteiger partial charge in [0.15, 0.2) is 0 Å². The van der Waals surface area contributed by atoms with Crippen LogP contribution < -0.4 is 16.6 Å². The summed E-state index contributed by atoms with van der Waals surface area (Å²) in [5, 5.41) is 2.86. The number of carbonyl (C=O) groups excluding carboxylic acids is 1. The Kier molecular flexibility index (Phi) is 5.73. The summed E-state index contributed by atoms with van der Waals surface area (Å²) in [4.78, 5) is 29.8. The number of hydrogen-bond acceptors (Lipinski definition) is 4. The van der Waals surface area contributed by atoms with E-state index < -0.39 is 0 Å². The lowest BCUT2D eigenvalue weighted by Gasteiger charge is -2.15. The zero-order valence-electron chi connectivity index (χ0n) is 17.2. The van der Waals surface area contributed by atoms with Gasteiger partial charge in [0.25, 0.3) is 11.5 Å². The number of nitrogens with zero attached hydrogens (tertiary/aromatic N) is 1. The Hall–Kier alpha value is -3.54. The van der Waals surface area contributed by atoms with E-state index in [0.717, 1.165) is 22.4 Å². The number of aromatic amines is 1. The Morgan fingerprint density at radius 1 is 1.17 bits per heavy atom. The van der Waals surface area contributed by atoms with Gasteiger partial charge in [0.1, 0.15) is 0 Å². The highest BCUT2D eigenvalue weighted by atomic mass is 16.1. The van der Waals surface area contributed by atoms with Gasteiger partial charge in [-0.1, -0.05) is 12.2 Å². The average molecular weight is 390 g/mol. The first-order chi connectivity index (χ1) is 13.8. The minimum atomic E-state index is -0.264. The summed E-state index contributed by atoms with van der Waals surface area (Å²) >= 11 is 0. The topological polar surface area (TPSA) is 91.2 Å². The summed E-state index contributed by atoms with van der Waals surface area (Å²) in [7, 11) is 1.94. The molecule has 1 aromatic carbocycles. The van der Waals surface area contributed by atoms with Crippen LogP contribution in [0.2, 0.25) is 0 Å². The second-order valence-electron chi connectivity index (χ2n) is 7.31. The minimum Gasteiger partial charge on any atom is -0.398 e. The van der Waals surface area contributed by atoms with Gasteiger partial charge in [0.2, 0.25) is 0 Å². The number of pyridine rings is 1. The van der Waals surface area contributed by atoms with Crippen molar-refractivity contribution in [1.82, 2.24) is 15.2 Å². The van der Waals surface area contributed by atoms with Gasteiger partial charge in [-0.05, 0) is 67.3 Å². The number of amides is 1. The number of aryl methyl sites for hydroxylation is 2. The molecule has 150 valence electrons. The van der Waals surface area contributed by atoms with E-state index in [1.807, 2.05) is 81.5 Å². The quantitative estimate of drug-likeness (QED) is 0.700. The Bertz CT molecular complexity index is 1110. The predicted octanol–water partition coefficient (Wildman–Crippen LogP) is 3.17. The maximum absolute atomic E-state index is 12.9. The van der Waals surface area contributed by atoms with E-state index in [4.69, 9.17) is 5.73 Å². The van der Waals surface area contributed by atoms with Crippen LogP contribution in [0.15, 0.2) is 53.6 Å². The first-order valence-electron chi connectivity index (χ1n) is 9.43. The number of nitrogen functional groups attached to an aromatic ring is 1. The van der Waals surface area contributed by atoms with Gasteiger partial charge >= 0.3 is 0 Å². The van der Waals surface area contributed by atoms with Crippen molar-refractivity contribution in [2.24, 2.45) is 0 Å². The van der Waals surface area contributed by atoms with Crippen LogP contribution in [0.5, 0.6) is 0 Å². The number of allylic oxidation sites excluding steroid dienone is 4. The molecule has 0 aliphatic carbocycles. The molecular weight excluding hydrogens is 364 g/mol. The van der Waals surface area contributed by atoms with E-state index in [9.17, 15) is 9.59 Å². The summed E-state index contributed by atoms with van der Waals surface area (Å²) < 4.78 is 0. The Labute approximate surface area is 170 Å². The Morgan fingerprint density at radius 3 is 2.66 bits per heavy atom. The summed E-state index contributed by atoms with van der Waals surface area (Å²) in [6.07, 6.45) is 9.77. The molecule has 3 rings (SSSR count). The fourth-order valence-electron chi connectivity index (χ4n) is 3.33. The molecule has 6 heteroatoms. The summed E-state index contributed by atoms with van der Waals surface area (Å²) in [6, 6.07) is 5.60. The van der Waals surface area contributed by atoms with Crippen LogP contribution in [0.25, 0.3) is 5.57 Å². The van der Waals surface area contributed by atoms with E-state index in [-0.39, 0.29) is 18.0 Å². The molecule has 0 bridgehead atoms. The maximum Gasteiger partial charge on any atom is 0.253 e. The average Bonchev–Trinajstić information content (AvgIpc) is 2.87. The van der Waals surface area contributed by atoms with E-state index in [0.29, 0.717) is 22.4 Å². The summed E-state index contributed by atoms with van der Waals surface area (Å²) in [5.74, 6) is -0.264. The number of benzene rings is 1. The van der Waals surface area contributed by atoms with Crippen LogP contribution in [-0.2, 0) is 6.54 Å². The van der Waals surface area contributed by atoms with Crippen molar-refractivity contribution in [1.29, 1.82) is 0 Å². The van der Waals surface area contributed by atoms with Gasteiger partial charge in [-0.25, -0.2) is 0 Å². The molecule has 0 fully saturated rings. The number of nitrogens with two attached hydrogens (primary N) is 1. The van der Waals surface area contributed by atoms with Crippen LogP contribution in [-0.4, -0.2) is 22.8 Å². The zero-order valence-corrected chi connectivity index (χ0v) is 17.2. The lowest BCUT2D eigenvalue weighted by atomic mass is 9.97. The van der Waals surface area contributed by atoms with Crippen molar-refractivity contribution in [3.05, 3.63) is 92.7 Å². The molecule has 4 N–H and O–H groups in total. The molecule has 1 aliphatic rings. The number of hydrogen-bond donors (Lipinski definition) is 3. The minimum absolute atomic E-state index is 0.152. The van der Waals surface area contributed by atoms with Crippen molar-refractivity contribution in [3.63, 3.8) is 0 Å². The lowest BCUT2D eigenvalue weighted by molar-refractivity contribution is 0.0950. The fourth-order valence-corrected chi connectivity index (χ4v) is 3.33. The van der Waals surface area contributed by atoms with E-state index >= 15 is 0 Å². The van der Waals surface area contributed by atoms with Crippen LogP contribution in [0.3, 0.4) is 0 Å². The monoisotopic (exact) mass is 390 g/mol. The largest absolute Gasteiger partial charge is 0.398 e. The maximum atomic E-state index is 12.9. The Balaban J connectivity index is 1.89. The van der Waals surface area contributed by atoms with E-state index in [2.05, 4.69) is 10.3 Å². The van der Waals surface area contributed by atoms with Crippen molar-refractivity contribution in [2.45, 2.75) is 27.3 Å². The summed E-state index contributed by atoms with van der Waals surface area (Å²) in [6.45, 7) is 5.67. The van der Waals surface area contributed by atoms with Gasteiger partial charge < -0.3 is 20.9 Å². The van der Waals surface area contributed by atoms with Gasteiger partial charge in [0.05, 0.1) is 0 Å². The molecule has 0 spiro atoms. The summed E-state index contributed by atoms with van der Waals surface area (Å²) in [5.41, 5.74) is 11.8. The third-order valence-corrected chi connectivity index (χ3v) is 5.00. The first-order valence-corrected chi connectivity index (χ1v) is 9.43. The fraction of sp³-hybridized carbons (Fsp3) is 0.217. The molecule has 0 atom stereocenters.